The molecule has 2 heterocycles. The standard InChI is InChI=1S/C27H35N3O/c1-21-11-13-22(14-12-21)19-28-15-17-29(18-16-28)20-27(31)30-25-9-4-2-3-7-23(25)24-8-5-6-10-26(24)30/h5-6,8,10-14,23,25H,2-4,7,9,15-20H2,1H3/t23-,25-/m1/s1. The molecule has 2 atom stereocenters. The Balaban J connectivity index is 1.21. The van der Waals surface area contributed by atoms with Gasteiger partial charge in [0.2, 0.25) is 5.91 Å². The zero-order valence-corrected chi connectivity index (χ0v) is 18.8. The van der Waals surface area contributed by atoms with Gasteiger partial charge in [-0.3, -0.25) is 14.6 Å². The van der Waals surface area contributed by atoms with Crippen molar-refractivity contribution in [2.75, 3.05) is 37.6 Å². The largest absolute Gasteiger partial charge is 0.307 e. The summed E-state index contributed by atoms with van der Waals surface area (Å²) in [7, 11) is 0. The molecule has 0 N–H and O–H groups in total. The van der Waals surface area contributed by atoms with E-state index in [1.165, 1.54) is 48.1 Å². The number of anilines is 1. The first-order valence-electron chi connectivity index (χ1n) is 12.1. The Bertz CT molecular complexity index is 901. The van der Waals surface area contributed by atoms with Gasteiger partial charge in [0.05, 0.1) is 6.54 Å². The van der Waals surface area contributed by atoms with Crippen LogP contribution in [0, 0.1) is 6.92 Å². The molecule has 1 saturated carbocycles. The number of carbonyl (C=O) groups excluding carboxylic acids is 1. The third-order valence-corrected chi connectivity index (χ3v) is 7.53. The fourth-order valence-corrected chi connectivity index (χ4v) is 5.80. The minimum atomic E-state index is 0.300. The molecule has 5 rings (SSSR count). The minimum absolute atomic E-state index is 0.300. The van der Waals surface area contributed by atoms with Gasteiger partial charge < -0.3 is 4.90 Å². The van der Waals surface area contributed by atoms with E-state index in [1.54, 1.807) is 0 Å². The number of rotatable bonds is 4. The highest BCUT2D eigenvalue weighted by molar-refractivity contribution is 5.98. The van der Waals surface area contributed by atoms with Crippen LogP contribution in [0.2, 0.25) is 0 Å². The second-order valence-corrected chi connectivity index (χ2v) is 9.67. The van der Waals surface area contributed by atoms with Gasteiger partial charge in [-0.2, -0.15) is 0 Å². The summed E-state index contributed by atoms with van der Waals surface area (Å²) in [5.41, 5.74) is 5.28. The van der Waals surface area contributed by atoms with Gasteiger partial charge in [-0.25, -0.2) is 0 Å². The molecular weight excluding hydrogens is 382 g/mol. The van der Waals surface area contributed by atoms with Crippen LogP contribution in [-0.2, 0) is 11.3 Å². The Morgan fingerprint density at radius 2 is 1.58 bits per heavy atom. The molecular formula is C27H35N3O. The summed E-state index contributed by atoms with van der Waals surface area (Å²) < 4.78 is 0. The summed E-state index contributed by atoms with van der Waals surface area (Å²) in [5, 5.41) is 0. The summed E-state index contributed by atoms with van der Waals surface area (Å²) in [6.45, 7) is 7.70. The molecule has 2 aromatic rings. The van der Waals surface area contributed by atoms with E-state index in [1.807, 2.05) is 0 Å². The van der Waals surface area contributed by atoms with Crippen molar-refractivity contribution in [1.29, 1.82) is 0 Å². The molecule has 3 aliphatic rings. The molecule has 2 fully saturated rings. The van der Waals surface area contributed by atoms with Crippen LogP contribution >= 0.6 is 0 Å². The first-order valence-corrected chi connectivity index (χ1v) is 12.1. The lowest BCUT2D eigenvalue weighted by molar-refractivity contribution is -0.120. The number of para-hydroxylation sites is 1. The van der Waals surface area contributed by atoms with E-state index < -0.39 is 0 Å². The van der Waals surface area contributed by atoms with E-state index in [0.717, 1.165) is 39.1 Å². The first-order chi connectivity index (χ1) is 15.2. The molecule has 0 bridgehead atoms. The zero-order valence-electron chi connectivity index (χ0n) is 18.8. The van der Waals surface area contributed by atoms with Gasteiger partial charge in [0.1, 0.15) is 0 Å². The SMILES string of the molecule is Cc1ccc(CN2CCN(CC(=O)N3c4ccccc4[C@H]4CCCCC[C@H]43)CC2)cc1. The van der Waals surface area contributed by atoms with E-state index in [2.05, 4.69) is 70.2 Å². The highest BCUT2D eigenvalue weighted by atomic mass is 16.2. The molecule has 1 amide bonds. The number of carbonyl (C=O) groups is 1. The molecule has 2 aliphatic heterocycles. The lowest BCUT2D eigenvalue weighted by atomic mass is 9.91. The van der Waals surface area contributed by atoms with Crippen LogP contribution in [0.3, 0.4) is 0 Å². The molecule has 0 radical (unpaired) electrons. The third kappa shape index (κ3) is 4.42. The van der Waals surface area contributed by atoms with Gasteiger partial charge in [-0.15, -0.1) is 0 Å². The van der Waals surface area contributed by atoms with Crippen LogP contribution in [0.15, 0.2) is 48.5 Å². The smallest absolute Gasteiger partial charge is 0.241 e. The zero-order chi connectivity index (χ0) is 21.2. The second kappa shape index (κ2) is 9.13. The van der Waals surface area contributed by atoms with Gasteiger partial charge in [-0.05, 0) is 37.0 Å². The normalized spacial score (nSPS) is 24.5. The van der Waals surface area contributed by atoms with Gasteiger partial charge in [-0.1, -0.05) is 67.3 Å². The van der Waals surface area contributed by atoms with Crippen LogP contribution in [-0.4, -0.2) is 54.5 Å². The molecule has 0 spiro atoms. The Morgan fingerprint density at radius 3 is 2.39 bits per heavy atom. The Kier molecular flexibility index (Phi) is 6.10. The summed E-state index contributed by atoms with van der Waals surface area (Å²) in [6.07, 6.45) is 6.22. The average Bonchev–Trinajstić information content (AvgIpc) is 2.92. The number of fused-ring (bicyclic) bond motifs is 3. The van der Waals surface area contributed by atoms with Gasteiger partial charge in [0.25, 0.3) is 0 Å². The Labute approximate surface area is 186 Å². The van der Waals surface area contributed by atoms with Gasteiger partial charge in [0.15, 0.2) is 0 Å². The van der Waals surface area contributed by atoms with E-state index in [9.17, 15) is 4.79 Å². The van der Waals surface area contributed by atoms with Crippen molar-refractivity contribution in [3.05, 3.63) is 65.2 Å². The lowest BCUT2D eigenvalue weighted by Gasteiger charge is -2.36. The van der Waals surface area contributed by atoms with Crippen molar-refractivity contribution in [2.24, 2.45) is 0 Å². The topological polar surface area (TPSA) is 26.8 Å². The monoisotopic (exact) mass is 417 g/mol. The maximum absolute atomic E-state index is 13.5. The van der Waals surface area contributed by atoms with Crippen LogP contribution in [0.1, 0.15) is 54.7 Å². The van der Waals surface area contributed by atoms with E-state index >= 15 is 0 Å². The predicted octanol–water partition coefficient (Wildman–Crippen LogP) is 4.58. The van der Waals surface area contributed by atoms with Crippen molar-refractivity contribution in [2.45, 2.75) is 57.5 Å². The van der Waals surface area contributed by atoms with Crippen molar-refractivity contribution in [1.82, 2.24) is 9.80 Å². The lowest BCUT2D eigenvalue weighted by Crippen LogP contribution is -2.51. The fraction of sp³-hybridized carbons (Fsp3) is 0.519. The first kappa shape index (κ1) is 20.7. The molecule has 2 aromatic carbocycles. The molecule has 31 heavy (non-hydrogen) atoms. The third-order valence-electron chi connectivity index (χ3n) is 7.53. The van der Waals surface area contributed by atoms with Crippen molar-refractivity contribution in [3.63, 3.8) is 0 Å². The number of aryl methyl sites for hydroxylation is 1. The minimum Gasteiger partial charge on any atom is -0.307 e. The van der Waals surface area contributed by atoms with Crippen LogP contribution in [0.4, 0.5) is 5.69 Å². The summed E-state index contributed by atoms with van der Waals surface area (Å²) >= 11 is 0. The molecule has 4 nitrogen and oxygen atoms in total. The summed E-state index contributed by atoms with van der Waals surface area (Å²) in [5.74, 6) is 0.836. The Morgan fingerprint density at radius 1 is 0.871 bits per heavy atom. The number of benzene rings is 2. The maximum Gasteiger partial charge on any atom is 0.241 e. The van der Waals surface area contributed by atoms with Crippen LogP contribution in [0.5, 0.6) is 0 Å². The highest BCUT2D eigenvalue weighted by Crippen LogP contribution is 2.46. The summed E-state index contributed by atoms with van der Waals surface area (Å²) in [4.78, 5) is 20.6. The van der Waals surface area contributed by atoms with Gasteiger partial charge >= 0.3 is 0 Å². The predicted molar refractivity (Wildman–Crippen MR) is 126 cm³/mol. The molecule has 1 aliphatic carbocycles. The van der Waals surface area contributed by atoms with Crippen molar-refractivity contribution in [3.8, 4) is 0 Å². The highest BCUT2D eigenvalue weighted by Gasteiger charge is 2.41. The van der Waals surface area contributed by atoms with Crippen LogP contribution in [0.25, 0.3) is 0 Å². The Hall–Kier alpha value is -2.17. The molecule has 4 heteroatoms. The fourth-order valence-electron chi connectivity index (χ4n) is 5.80. The molecule has 0 unspecified atom stereocenters. The number of nitrogens with zero attached hydrogens (tertiary/aromatic N) is 3. The summed E-state index contributed by atoms with van der Waals surface area (Å²) in [6, 6.07) is 17.9. The quantitative estimate of drug-likeness (QED) is 0.729. The van der Waals surface area contributed by atoms with Crippen molar-refractivity contribution < 1.29 is 4.79 Å². The number of hydrogen-bond donors (Lipinski definition) is 0. The molecule has 0 aromatic heterocycles. The number of hydrogen-bond acceptors (Lipinski definition) is 3. The number of amides is 1. The molecule has 164 valence electrons. The second-order valence-electron chi connectivity index (χ2n) is 9.67. The maximum atomic E-state index is 13.5. The number of piperazine rings is 1. The van der Waals surface area contributed by atoms with Gasteiger partial charge in [0, 0.05) is 50.4 Å². The van der Waals surface area contributed by atoms with E-state index in [-0.39, 0.29) is 0 Å². The van der Waals surface area contributed by atoms with E-state index in [0.29, 0.717) is 24.4 Å². The van der Waals surface area contributed by atoms with E-state index in [4.69, 9.17) is 0 Å². The molecule has 1 saturated heterocycles. The van der Waals surface area contributed by atoms with Crippen LogP contribution < -0.4 is 4.90 Å². The van der Waals surface area contributed by atoms with Crippen molar-refractivity contribution >= 4 is 11.6 Å². The average molecular weight is 418 g/mol.